The zero-order valence-corrected chi connectivity index (χ0v) is 4.94. The Kier molecular flexibility index (Phi) is 1.63. The third-order valence-corrected chi connectivity index (χ3v) is 1.00. The maximum atomic E-state index is 12.4. The lowest BCUT2D eigenvalue weighted by atomic mass is 10.3. The lowest BCUT2D eigenvalue weighted by Crippen LogP contribution is -1.91. The Balaban J connectivity index is 3.31. The smallest absolute Gasteiger partial charge is 0.226 e. The zero-order chi connectivity index (χ0) is 7.56. The molecule has 0 aliphatic carbocycles. The molecule has 1 rings (SSSR count). The fourth-order valence-electron chi connectivity index (χ4n) is 0.530. The first-order chi connectivity index (χ1) is 4.75. The molecular formula is C7H3F2N. The van der Waals surface area contributed by atoms with Gasteiger partial charge >= 0.3 is 0 Å². The molecule has 0 saturated heterocycles. The predicted octanol–water partition coefficient (Wildman–Crippen LogP) is 1.34. The van der Waals surface area contributed by atoms with Crippen LogP contribution in [-0.4, -0.2) is 4.98 Å². The SMILES string of the molecule is C#Cc1ccnc(F)c1F. The van der Waals surface area contributed by atoms with Gasteiger partial charge in [-0.2, -0.15) is 4.39 Å². The fraction of sp³-hybridized carbons (Fsp3) is 0. The topological polar surface area (TPSA) is 12.9 Å². The maximum Gasteiger partial charge on any atom is 0.250 e. The molecule has 10 heavy (non-hydrogen) atoms. The summed E-state index contributed by atoms with van der Waals surface area (Å²) in [6.07, 6.45) is 5.95. The molecule has 3 heteroatoms. The van der Waals surface area contributed by atoms with Crippen LogP contribution >= 0.6 is 0 Å². The summed E-state index contributed by atoms with van der Waals surface area (Å²) in [6, 6.07) is 1.23. The van der Waals surface area contributed by atoms with Crippen LogP contribution in [0, 0.1) is 24.1 Å². The van der Waals surface area contributed by atoms with E-state index in [1.807, 2.05) is 5.92 Å². The zero-order valence-electron chi connectivity index (χ0n) is 4.94. The van der Waals surface area contributed by atoms with E-state index in [0.29, 0.717) is 0 Å². The van der Waals surface area contributed by atoms with Crippen LogP contribution in [0.4, 0.5) is 8.78 Å². The van der Waals surface area contributed by atoms with Gasteiger partial charge in [0.05, 0.1) is 5.56 Å². The number of aromatic nitrogens is 1. The average Bonchev–Trinajstić information content (AvgIpc) is 1.95. The van der Waals surface area contributed by atoms with Crippen LogP contribution in [0.1, 0.15) is 5.56 Å². The van der Waals surface area contributed by atoms with Gasteiger partial charge in [-0.3, -0.25) is 0 Å². The normalized spacial score (nSPS) is 8.90. The summed E-state index contributed by atoms with van der Waals surface area (Å²) >= 11 is 0. The average molecular weight is 139 g/mol. The number of terminal acetylenes is 1. The van der Waals surface area contributed by atoms with E-state index in [-0.39, 0.29) is 5.56 Å². The van der Waals surface area contributed by atoms with Gasteiger partial charge in [-0.05, 0) is 6.07 Å². The van der Waals surface area contributed by atoms with Crippen LogP contribution in [-0.2, 0) is 0 Å². The number of rotatable bonds is 0. The van der Waals surface area contributed by atoms with E-state index >= 15 is 0 Å². The molecule has 0 aliphatic rings. The number of hydrogen-bond acceptors (Lipinski definition) is 1. The van der Waals surface area contributed by atoms with Crippen molar-refractivity contribution in [2.75, 3.05) is 0 Å². The van der Waals surface area contributed by atoms with E-state index in [1.54, 1.807) is 0 Å². The third kappa shape index (κ3) is 0.960. The second-order valence-electron chi connectivity index (χ2n) is 1.61. The molecule has 1 nitrogen and oxygen atoms in total. The van der Waals surface area contributed by atoms with Crippen molar-refractivity contribution in [3.8, 4) is 12.3 Å². The third-order valence-electron chi connectivity index (χ3n) is 1.00. The molecule has 0 saturated carbocycles. The lowest BCUT2D eigenvalue weighted by molar-refractivity contribution is 0.477. The molecule has 0 amide bonds. The standard InChI is InChI=1S/C7H3F2N/c1-2-5-3-4-10-7(9)6(5)8/h1,3-4H. The maximum absolute atomic E-state index is 12.4. The molecule has 0 fully saturated rings. The monoisotopic (exact) mass is 139 g/mol. The highest BCUT2D eigenvalue weighted by molar-refractivity contribution is 5.31. The molecule has 0 atom stereocenters. The Morgan fingerprint density at radius 1 is 1.50 bits per heavy atom. The van der Waals surface area contributed by atoms with Gasteiger partial charge in [-0.1, -0.05) is 5.92 Å². The molecule has 1 aromatic rings. The summed E-state index contributed by atoms with van der Waals surface area (Å²) in [5, 5.41) is 0. The molecule has 1 heterocycles. The number of hydrogen-bond donors (Lipinski definition) is 0. The highest BCUT2D eigenvalue weighted by atomic mass is 19.2. The first kappa shape index (κ1) is 6.69. The molecule has 0 spiro atoms. The van der Waals surface area contributed by atoms with Crippen molar-refractivity contribution in [1.82, 2.24) is 4.98 Å². The van der Waals surface area contributed by atoms with Crippen molar-refractivity contribution in [1.29, 1.82) is 0 Å². The van der Waals surface area contributed by atoms with Gasteiger partial charge < -0.3 is 0 Å². The van der Waals surface area contributed by atoms with Gasteiger partial charge in [0.2, 0.25) is 5.95 Å². The first-order valence-corrected chi connectivity index (χ1v) is 2.52. The Bertz CT molecular complexity index is 288. The molecule has 0 aromatic carbocycles. The summed E-state index contributed by atoms with van der Waals surface area (Å²) in [4.78, 5) is 3.05. The van der Waals surface area contributed by atoms with Crippen LogP contribution < -0.4 is 0 Å². The van der Waals surface area contributed by atoms with E-state index in [9.17, 15) is 8.78 Å². The Labute approximate surface area is 56.7 Å². The quantitative estimate of drug-likeness (QED) is 0.390. The predicted molar refractivity (Wildman–Crippen MR) is 32.1 cm³/mol. The number of halogens is 2. The Morgan fingerprint density at radius 3 is 2.70 bits per heavy atom. The van der Waals surface area contributed by atoms with Gasteiger partial charge in [0.15, 0.2) is 5.82 Å². The molecule has 0 bridgehead atoms. The highest BCUT2D eigenvalue weighted by Gasteiger charge is 2.04. The summed E-state index contributed by atoms with van der Waals surface area (Å²) in [7, 11) is 0. The van der Waals surface area contributed by atoms with Gasteiger partial charge in [0.1, 0.15) is 0 Å². The van der Waals surface area contributed by atoms with Crippen LogP contribution in [0.5, 0.6) is 0 Å². The second kappa shape index (κ2) is 2.44. The van der Waals surface area contributed by atoms with Gasteiger partial charge in [-0.25, -0.2) is 9.37 Å². The Morgan fingerprint density at radius 2 is 2.20 bits per heavy atom. The number of nitrogens with zero attached hydrogens (tertiary/aromatic N) is 1. The molecule has 50 valence electrons. The van der Waals surface area contributed by atoms with Crippen molar-refractivity contribution in [2.24, 2.45) is 0 Å². The van der Waals surface area contributed by atoms with Crippen molar-refractivity contribution >= 4 is 0 Å². The van der Waals surface area contributed by atoms with Crippen LogP contribution in [0.25, 0.3) is 0 Å². The second-order valence-corrected chi connectivity index (χ2v) is 1.61. The molecule has 0 N–H and O–H groups in total. The van der Waals surface area contributed by atoms with Crippen LogP contribution in [0.3, 0.4) is 0 Å². The minimum atomic E-state index is -1.16. The largest absolute Gasteiger partial charge is 0.250 e. The summed E-state index contributed by atoms with van der Waals surface area (Å²) in [6.45, 7) is 0. The van der Waals surface area contributed by atoms with E-state index in [0.717, 1.165) is 6.20 Å². The summed E-state index contributed by atoms with van der Waals surface area (Å²) in [5.74, 6) is -0.241. The van der Waals surface area contributed by atoms with E-state index in [1.165, 1.54) is 6.07 Å². The van der Waals surface area contributed by atoms with Crippen LogP contribution in [0.15, 0.2) is 12.3 Å². The first-order valence-electron chi connectivity index (χ1n) is 2.52. The van der Waals surface area contributed by atoms with Crippen molar-refractivity contribution in [3.63, 3.8) is 0 Å². The summed E-state index contributed by atoms with van der Waals surface area (Å²) in [5.41, 5.74) is -0.104. The van der Waals surface area contributed by atoms with Gasteiger partial charge in [0.25, 0.3) is 0 Å². The molecule has 0 aliphatic heterocycles. The molecule has 0 radical (unpaired) electrons. The number of pyridine rings is 1. The lowest BCUT2D eigenvalue weighted by Gasteiger charge is -1.91. The van der Waals surface area contributed by atoms with Crippen molar-refractivity contribution < 1.29 is 8.78 Å². The van der Waals surface area contributed by atoms with Crippen molar-refractivity contribution in [2.45, 2.75) is 0 Å². The van der Waals surface area contributed by atoms with Crippen LogP contribution in [0.2, 0.25) is 0 Å². The highest BCUT2D eigenvalue weighted by Crippen LogP contribution is 2.06. The molecular weight excluding hydrogens is 136 g/mol. The van der Waals surface area contributed by atoms with Gasteiger partial charge in [-0.15, -0.1) is 6.42 Å². The minimum absolute atomic E-state index is 0.104. The van der Waals surface area contributed by atoms with Gasteiger partial charge in [0, 0.05) is 6.20 Å². The van der Waals surface area contributed by atoms with Crippen molar-refractivity contribution in [3.05, 3.63) is 29.6 Å². The minimum Gasteiger partial charge on any atom is -0.226 e. The van der Waals surface area contributed by atoms with E-state index in [4.69, 9.17) is 6.42 Å². The van der Waals surface area contributed by atoms with E-state index in [2.05, 4.69) is 4.98 Å². The molecule has 1 aromatic heterocycles. The van der Waals surface area contributed by atoms with E-state index < -0.39 is 11.8 Å². The molecule has 0 unspecified atom stereocenters. The summed E-state index contributed by atoms with van der Waals surface area (Å²) < 4.78 is 24.6. The fourth-order valence-corrected chi connectivity index (χ4v) is 0.530. The Hall–Kier alpha value is -1.43.